The highest BCUT2D eigenvalue weighted by Crippen LogP contribution is 2.25. The van der Waals surface area contributed by atoms with Gasteiger partial charge in [-0.25, -0.2) is 4.98 Å². The molecule has 2 heterocycles. The molecule has 1 fully saturated rings. The van der Waals surface area contributed by atoms with Gasteiger partial charge in [-0.3, -0.25) is 9.80 Å². The second-order valence-electron chi connectivity index (χ2n) is 5.49. The maximum Gasteiger partial charge on any atom is 0.123 e. The summed E-state index contributed by atoms with van der Waals surface area (Å²) in [7, 11) is 0. The Morgan fingerprint density at radius 2 is 1.77 bits per heavy atom. The number of hydrogen-bond acceptors (Lipinski definition) is 5. The largest absolute Gasteiger partial charge is 0.395 e. The molecule has 3 rings (SSSR count). The number of thiazole rings is 1. The Hall–Kier alpha value is -0.790. The highest BCUT2D eigenvalue weighted by molar-refractivity contribution is 9.10. The van der Waals surface area contributed by atoms with E-state index in [9.17, 15) is 0 Å². The third kappa shape index (κ3) is 4.14. The van der Waals surface area contributed by atoms with E-state index in [4.69, 9.17) is 10.1 Å². The van der Waals surface area contributed by atoms with Crippen LogP contribution in [0.15, 0.2) is 34.1 Å². The van der Waals surface area contributed by atoms with Gasteiger partial charge in [0.15, 0.2) is 0 Å². The predicted molar refractivity (Wildman–Crippen MR) is 94.1 cm³/mol. The predicted octanol–water partition coefficient (Wildman–Crippen LogP) is 2.68. The van der Waals surface area contributed by atoms with Crippen molar-refractivity contribution in [1.29, 1.82) is 0 Å². The average Bonchev–Trinajstić information content (AvgIpc) is 2.99. The van der Waals surface area contributed by atoms with Gasteiger partial charge in [-0.05, 0) is 12.1 Å². The Bertz CT molecular complexity index is 594. The number of halogens is 1. The molecule has 0 saturated carbocycles. The van der Waals surface area contributed by atoms with E-state index in [1.807, 2.05) is 0 Å². The third-order valence-corrected chi connectivity index (χ3v) is 5.38. The first-order valence-corrected chi connectivity index (χ1v) is 9.18. The molecular weight excluding hydrogens is 362 g/mol. The molecule has 0 amide bonds. The van der Waals surface area contributed by atoms with Crippen LogP contribution in [0.5, 0.6) is 0 Å². The number of rotatable bonds is 5. The lowest BCUT2D eigenvalue weighted by Gasteiger charge is -2.33. The Balaban J connectivity index is 1.57. The molecule has 1 aliphatic rings. The maximum absolute atomic E-state index is 8.98. The molecule has 0 bridgehead atoms. The summed E-state index contributed by atoms with van der Waals surface area (Å²) in [6.45, 7) is 6.12. The van der Waals surface area contributed by atoms with E-state index in [0.29, 0.717) is 0 Å². The van der Waals surface area contributed by atoms with Crippen molar-refractivity contribution in [3.05, 3.63) is 39.8 Å². The van der Waals surface area contributed by atoms with E-state index in [1.165, 1.54) is 5.56 Å². The molecule has 2 aromatic rings. The molecule has 1 aromatic carbocycles. The van der Waals surface area contributed by atoms with Crippen molar-refractivity contribution in [2.24, 2.45) is 0 Å². The lowest BCUT2D eigenvalue weighted by atomic mass is 10.2. The fourth-order valence-corrected chi connectivity index (χ4v) is 3.73. The summed E-state index contributed by atoms with van der Waals surface area (Å²) >= 11 is 5.17. The van der Waals surface area contributed by atoms with E-state index in [1.54, 1.807) is 11.3 Å². The van der Waals surface area contributed by atoms with Crippen LogP contribution in [0.2, 0.25) is 0 Å². The first-order chi connectivity index (χ1) is 10.7. The molecule has 0 atom stereocenters. The van der Waals surface area contributed by atoms with Gasteiger partial charge in [0.2, 0.25) is 0 Å². The molecule has 1 aromatic heterocycles. The molecule has 4 nitrogen and oxygen atoms in total. The first kappa shape index (κ1) is 16.1. The van der Waals surface area contributed by atoms with E-state index in [-0.39, 0.29) is 6.61 Å². The minimum atomic E-state index is 0.253. The minimum Gasteiger partial charge on any atom is -0.395 e. The third-order valence-electron chi connectivity index (χ3n) is 3.91. The van der Waals surface area contributed by atoms with Crippen LogP contribution in [0.1, 0.15) is 5.69 Å². The van der Waals surface area contributed by atoms with Gasteiger partial charge < -0.3 is 5.11 Å². The van der Waals surface area contributed by atoms with E-state index in [0.717, 1.165) is 54.4 Å². The molecule has 22 heavy (non-hydrogen) atoms. The van der Waals surface area contributed by atoms with Gasteiger partial charge in [0.25, 0.3) is 0 Å². The SMILES string of the molecule is OCCN1CCN(Cc2csc(-c3ccc(Br)cc3)n2)CC1. The van der Waals surface area contributed by atoms with Gasteiger partial charge in [0.05, 0.1) is 12.3 Å². The van der Waals surface area contributed by atoms with Crippen molar-refractivity contribution in [2.45, 2.75) is 6.54 Å². The van der Waals surface area contributed by atoms with Crippen molar-refractivity contribution < 1.29 is 5.11 Å². The number of aromatic nitrogens is 1. The standard InChI is InChI=1S/C16H20BrN3OS/c17-14-3-1-13(2-4-14)16-18-15(12-22-16)11-20-7-5-19(6-8-20)9-10-21/h1-4,12,21H,5-11H2. The van der Waals surface area contributed by atoms with Crippen LogP contribution >= 0.6 is 27.3 Å². The minimum absolute atomic E-state index is 0.253. The number of nitrogens with zero attached hydrogens (tertiary/aromatic N) is 3. The van der Waals surface area contributed by atoms with Crippen LogP contribution in [-0.2, 0) is 6.54 Å². The summed E-state index contributed by atoms with van der Waals surface area (Å²) in [4.78, 5) is 9.52. The topological polar surface area (TPSA) is 39.6 Å². The van der Waals surface area contributed by atoms with Crippen molar-refractivity contribution in [3.8, 4) is 10.6 Å². The Kier molecular flexibility index (Phi) is 5.60. The zero-order valence-corrected chi connectivity index (χ0v) is 14.8. The number of β-amino-alcohol motifs (C(OH)–C–C–N with tert-alkyl or cyclic N) is 1. The average molecular weight is 382 g/mol. The maximum atomic E-state index is 8.98. The summed E-state index contributed by atoms with van der Waals surface area (Å²) in [6.07, 6.45) is 0. The highest BCUT2D eigenvalue weighted by Gasteiger charge is 2.17. The summed E-state index contributed by atoms with van der Waals surface area (Å²) in [6, 6.07) is 8.30. The van der Waals surface area contributed by atoms with Crippen molar-refractivity contribution >= 4 is 27.3 Å². The van der Waals surface area contributed by atoms with Gasteiger partial charge in [-0.2, -0.15) is 0 Å². The molecule has 0 aliphatic carbocycles. The number of piperazine rings is 1. The summed E-state index contributed by atoms with van der Waals surface area (Å²) in [5.74, 6) is 0. The normalized spacial score (nSPS) is 17.0. The lowest BCUT2D eigenvalue weighted by Crippen LogP contribution is -2.46. The van der Waals surface area contributed by atoms with E-state index >= 15 is 0 Å². The number of benzene rings is 1. The molecule has 0 unspecified atom stereocenters. The summed E-state index contributed by atoms with van der Waals surface area (Å²) in [5, 5.41) is 12.2. The second-order valence-corrected chi connectivity index (χ2v) is 7.27. The zero-order chi connectivity index (χ0) is 15.4. The van der Waals surface area contributed by atoms with Crippen LogP contribution < -0.4 is 0 Å². The Labute approximate surface area is 143 Å². The van der Waals surface area contributed by atoms with Gasteiger partial charge in [0.1, 0.15) is 5.01 Å². The highest BCUT2D eigenvalue weighted by atomic mass is 79.9. The van der Waals surface area contributed by atoms with Crippen LogP contribution in [0.3, 0.4) is 0 Å². The van der Waals surface area contributed by atoms with Crippen LogP contribution in [0.25, 0.3) is 10.6 Å². The Morgan fingerprint density at radius 1 is 1.09 bits per heavy atom. The van der Waals surface area contributed by atoms with Gasteiger partial charge in [-0.15, -0.1) is 11.3 Å². The van der Waals surface area contributed by atoms with Crippen LogP contribution in [-0.4, -0.2) is 59.2 Å². The smallest absolute Gasteiger partial charge is 0.123 e. The first-order valence-electron chi connectivity index (χ1n) is 7.50. The van der Waals surface area contributed by atoms with E-state index in [2.05, 4.69) is 55.4 Å². The molecular formula is C16H20BrN3OS. The monoisotopic (exact) mass is 381 g/mol. The number of aliphatic hydroxyl groups excluding tert-OH is 1. The summed E-state index contributed by atoms with van der Waals surface area (Å²) < 4.78 is 1.09. The molecule has 1 saturated heterocycles. The lowest BCUT2D eigenvalue weighted by molar-refractivity contribution is 0.108. The Morgan fingerprint density at radius 3 is 2.45 bits per heavy atom. The zero-order valence-electron chi connectivity index (χ0n) is 12.4. The van der Waals surface area contributed by atoms with Gasteiger partial charge in [-0.1, -0.05) is 28.1 Å². The number of hydrogen-bond donors (Lipinski definition) is 1. The molecule has 1 N–H and O–H groups in total. The number of aliphatic hydroxyl groups is 1. The van der Waals surface area contributed by atoms with Gasteiger partial charge in [0, 0.05) is 54.7 Å². The molecule has 118 valence electrons. The summed E-state index contributed by atoms with van der Waals surface area (Å²) in [5.41, 5.74) is 2.32. The van der Waals surface area contributed by atoms with Crippen LogP contribution in [0, 0.1) is 0 Å². The van der Waals surface area contributed by atoms with Gasteiger partial charge >= 0.3 is 0 Å². The van der Waals surface area contributed by atoms with E-state index < -0.39 is 0 Å². The molecule has 0 radical (unpaired) electrons. The molecule has 1 aliphatic heterocycles. The second kappa shape index (κ2) is 7.66. The fourth-order valence-electron chi connectivity index (χ4n) is 2.65. The quantitative estimate of drug-likeness (QED) is 0.863. The fraction of sp³-hybridized carbons (Fsp3) is 0.438. The van der Waals surface area contributed by atoms with Crippen molar-refractivity contribution in [2.75, 3.05) is 39.3 Å². The van der Waals surface area contributed by atoms with Crippen LogP contribution in [0.4, 0.5) is 0 Å². The molecule has 0 spiro atoms. The molecule has 6 heteroatoms. The van der Waals surface area contributed by atoms with Crippen molar-refractivity contribution in [1.82, 2.24) is 14.8 Å². The van der Waals surface area contributed by atoms with Crippen molar-refractivity contribution in [3.63, 3.8) is 0 Å².